The number of nitrogens with zero attached hydrogens (tertiary/aromatic N) is 2. The second-order valence-electron chi connectivity index (χ2n) is 6.10. The van der Waals surface area contributed by atoms with Crippen molar-refractivity contribution < 1.29 is 4.79 Å². The third-order valence-electron chi connectivity index (χ3n) is 3.06. The zero-order valence-corrected chi connectivity index (χ0v) is 12.2. The molecule has 0 saturated carbocycles. The highest BCUT2D eigenvalue weighted by molar-refractivity contribution is 5.81. The van der Waals surface area contributed by atoms with Gasteiger partial charge in [0.05, 0.1) is 17.4 Å². The first-order valence-electron chi connectivity index (χ1n) is 6.49. The molecule has 4 nitrogen and oxygen atoms in total. The average molecular weight is 259 g/mol. The van der Waals surface area contributed by atoms with Crippen LogP contribution in [0.1, 0.15) is 31.9 Å². The third kappa shape index (κ3) is 3.13. The highest BCUT2D eigenvalue weighted by atomic mass is 16.2. The Bertz CT molecular complexity index is 620. The second kappa shape index (κ2) is 4.68. The Morgan fingerprint density at radius 1 is 1.26 bits per heavy atom. The zero-order valence-electron chi connectivity index (χ0n) is 12.2. The molecule has 1 N–H and O–H groups in total. The molecule has 0 aliphatic rings. The summed E-state index contributed by atoms with van der Waals surface area (Å²) < 4.78 is 1.89. The summed E-state index contributed by atoms with van der Waals surface area (Å²) >= 11 is 0. The molecule has 19 heavy (non-hydrogen) atoms. The summed E-state index contributed by atoms with van der Waals surface area (Å²) in [7, 11) is 0. The van der Waals surface area contributed by atoms with Crippen molar-refractivity contribution >= 4 is 16.9 Å². The number of amides is 1. The first-order chi connectivity index (χ1) is 8.76. The number of nitrogens with one attached hydrogen (secondary N) is 1. The Kier molecular flexibility index (Phi) is 3.35. The minimum atomic E-state index is -0.208. The van der Waals surface area contributed by atoms with Gasteiger partial charge in [-0.25, -0.2) is 4.98 Å². The van der Waals surface area contributed by atoms with E-state index in [1.54, 1.807) is 6.33 Å². The van der Waals surface area contributed by atoms with Crippen LogP contribution >= 0.6 is 0 Å². The average Bonchev–Trinajstić information content (AvgIpc) is 2.59. The molecule has 0 aliphatic heterocycles. The predicted molar refractivity (Wildman–Crippen MR) is 77.1 cm³/mol. The fraction of sp³-hybridized carbons (Fsp3) is 0.467. The number of carbonyl (C=O) groups is 1. The number of imidazole rings is 1. The molecule has 1 aromatic heterocycles. The van der Waals surface area contributed by atoms with Gasteiger partial charge >= 0.3 is 0 Å². The molecule has 0 atom stereocenters. The first-order valence-corrected chi connectivity index (χ1v) is 6.49. The van der Waals surface area contributed by atoms with Crippen LogP contribution in [0.4, 0.5) is 0 Å². The smallest absolute Gasteiger partial charge is 0.240 e. The van der Waals surface area contributed by atoms with E-state index in [1.807, 2.05) is 25.3 Å². The normalized spacial score (nSPS) is 11.8. The van der Waals surface area contributed by atoms with Crippen LogP contribution < -0.4 is 5.32 Å². The van der Waals surface area contributed by atoms with E-state index < -0.39 is 0 Å². The maximum Gasteiger partial charge on any atom is 0.240 e. The van der Waals surface area contributed by atoms with Crippen molar-refractivity contribution in [1.29, 1.82) is 0 Å². The quantitative estimate of drug-likeness (QED) is 0.901. The van der Waals surface area contributed by atoms with Gasteiger partial charge in [0, 0.05) is 5.54 Å². The van der Waals surface area contributed by atoms with E-state index in [0.29, 0.717) is 6.54 Å². The highest BCUT2D eigenvalue weighted by Gasteiger charge is 2.15. The van der Waals surface area contributed by atoms with Crippen molar-refractivity contribution in [3.05, 3.63) is 29.6 Å². The van der Waals surface area contributed by atoms with Crippen LogP contribution in [0.5, 0.6) is 0 Å². The first kappa shape index (κ1) is 13.6. The third-order valence-corrected chi connectivity index (χ3v) is 3.06. The Balaban J connectivity index is 2.27. The Labute approximate surface area is 113 Å². The van der Waals surface area contributed by atoms with Crippen molar-refractivity contribution in [2.75, 3.05) is 0 Å². The van der Waals surface area contributed by atoms with E-state index in [-0.39, 0.29) is 11.4 Å². The molecule has 0 saturated heterocycles. The summed E-state index contributed by atoms with van der Waals surface area (Å²) in [4.78, 5) is 16.3. The highest BCUT2D eigenvalue weighted by Crippen LogP contribution is 2.18. The Morgan fingerprint density at radius 3 is 2.53 bits per heavy atom. The second-order valence-corrected chi connectivity index (χ2v) is 6.10. The van der Waals surface area contributed by atoms with Gasteiger partial charge in [-0.1, -0.05) is 0 Å². The van der Waals surface area contributed by atoms with Crippen LogP contribution in [0, 0.1) is 13.8 Å². The number of carbonyl (C=O) groups excluding carboxylic acids is 1. The molecule has 1 heterocycles. The number of aryl methyl sites for hydroxylation is 2. The molecule has 4 heteroatoms. The summed E-state index contributed by atoms with van der Waals surface area (Å²) in [6, 6.07) is 4.14. The zero-order chi connectivity index (χ0) is 14.2. The van der Waals surface area contributed by atoms with E-state index in [1.165, 1.54) is 11.1 Å². The molecule has 2 rings (SSSR count). The van der Waals surface area contributed by atoms with Crippen molar-refractivity contribution in [2.24, 2.45) is 0 Å². The van der Waals surface area contributed by atoms with Gasteiger partial charge in [-0.2, -0.15) is 0 Å². The van der Waals surface area contributed by atoms with Gasteiger partial charge in [0.1, 0.15) is 6.54 Å². The molecular formula is C15H21N3O. The molecule has 0 aliphatic carbocycles. The number of hydrogen-bond acceptors (Lipinski definition) is 2. The van der Waals surface area contributed by atoms with Gasteiger partial charge in [-0.3, -0.25) is 4.79 Å². The predicted octanol–water partition coefficient (Wildman–Crippen LogP) is 2.57. The van der Waals surface area contributed by atoms with Crippen LogP contribution in [0.25, 0.3) is 11.0 Å². The van der Waals surface area contributed by atoms with Gasteiger partial charge in [0.15, 0.2) is 0 Å². The Hall–Kier alpha value is -1.84. The summed E-state index contributed by atoms with van der Waals surface area (Å²) in [6.07, 6.45) is 1.73. The number of hydrogen-bond donors (Lipinski definition) is 1. The van der Waals surface area contributed by atoms with Gasteiger partial charge in [-0.05, 0) is 57.9 Å². The van der Waals surface area contributed by atoms with Crippen molar-refractivity contribution in [1.82, 2.24) is 14.9 Å². The number of benzene rings is 1. The number of aromatic nitrogens is 2. The molecular weight excluding hydrogens is 238 g/mol. The minimum absolute atomic E-state index is 0.00466. The van der Waals surface area contributed by atoms with Gasteiger partial charge in [0.25, 0.3) is 0 Å². The maximum absolute atomic E-state index is 12.0. The fourth-order valence-electron chi connectivity index (χ4n) is 2.05. The van der Waals surface area contributed by atoms with Gasteiger partial charge in [-0.15, -0.1) is 0 Å². The molecule has 102 valence electrons. The van der Waals surface area contributed by atoms with E-state index in [0.717, 1.165) is 11.0 Å². The van der Waals surface area contributed by atoms with Gasteiger partial charge in [0.2, 0.25) is 5.91 Å². The topological polar surface area (TPSA) is 46.9 Å². The van der Waals surface area contributed by atoms with Crippen LogP contribution in [-0.4, -0.2) is 21.0 Å². The fourth-order valence-corrected chi connectivity index (χ4v) is 2.05. The summed E-state index contributed by atoms with van der Waals surface area (Å²) in [5, 5.41) is 2.96. The lowest BCUT2D eigenvalue weighted by atomic mass is 10.1. The van der Waals surface area contributed by atoms with Crippen molar-refractivity contribution in [3.8, 4) is 0 Å². The molecule has 0 radical (unpaired) electrons. The standard InChI is InChI=1S/C15H21N3O/c1-10-6-12-13(7-11(10)2)18(9-16-12)8-14(19)17-15(3,4)5/h6-7,9H,8H2,1-5H3,(H,17,19). The molecule has 1 aromatic carbocycles. The molecule has 0 bridgehead atoms. The Morgan fingerprint density at radius 2 is 1.89 bits per heavy atom. The van der Waals surface area contributed by atoms with E-state index in [4.69, 9.17) is 0 Å². The van der Waals surface area contributed by atoms with Crippen molar-refractivity contribution in [3.63, 3.8) is 0 Å². The molecule has 1 amide bonds. The minimum Gasteiger partial charge on any atom is -0.350 e. The molecule has 0 fully saturated rings. The number of fused-ring (bicyclic) bond motifs is 1. The van der Waals surface area contributed by atoms with Crippen LogP contribution in [-0.2, 0) is 11.3 Å². The van der Waals surface area contributed by atoms with Crippen LogP contribution in [0.3, 0.4) is 0 Å². The van der Waals surface area contributed by atoms with Gasteiger partial charge < -0.3 is 9.88 Å². The lowest BCUT2D eigenvalue weighted by Crippen LogP contribution is -2.42. The molecule has 0 spiro atoms. The molecule has 2 aromatic rings. The number of rotatable bonds is 2. The monoisotopic (exact) mass is 259 g/mol. The maximum atomic E-state index is 12.0. The van der Waals surface area contributed by atoms with E-state index in [2.05, 4.69) is 36.3 Å². The van der Waals surface area contributed by atoms with E-state index in [9.17, 15) is 4.79 Å². The van der Waals surface area contributed by atoms with Crippen molar-refractivity contribution in [2.45, 2.75) is 46.7 Å². The summed E-state index contributed by atoms with van der Waals surface area (Å²) in [5.41, 5.74) is 4.17. The molecule has 0 unspecified atom stereocenters. The van der Waals surface area contributed by atoms with Crippen LogP contribution in [0.15, 0.2) is 18.5 Å². The lowest BCUT2D eigenvalue weighted by Gasteiger charge is -2.20. The summed E-state index contributed by atoms with van der Waals surface area (Å²) in [5.74, 6) is 0.00466. The van der Waals surface area contributed by atoms with Crippen LogP contribution in [0.2, 0.25) is 0 Å². The summed E-state index contributed by atoms with van der Waals surface area (Å²) in [6.45, 7) is 10.4. The lowest BCUT2D eigenvalue weighted by molar-refractivity contribution is -0.123. The largest absolute Gasteiger partial charge is 0.350 e. The van der Waals surface area contributed by atoms with E-state index >= 15 is 0 Å². The SMILES string of the molecule is Cc1cc2ncn(CC(=O)NC(C)(C)C)c2cc1C.